The van der Waals surface area contributed by atoms with Gasteiger partial charge in [-0.25, -0.2) is 12.7 Å². The summed E-state index contributed by atoms with van der Waals surface area (Å²) in [6, 6.07) is 4.77. The Morgan fingerprint density at radius 3 is 2.42 bits per heavy atom. The number of likely N-dealkylation sites (N-methyl/N-ethyl adjacent to an activating group) is 2. The van der Waals surface area contributed by atoms with Gasteiger partial charge in [0, 0.05) is 34.2 Å². The van der Waals surface area contributed by atoms with Gasteiger partial charge in [0.1, 0.15) is 0 Å². The van der Waals surface area contributed by atoms with Crippen LogP contribution in [-0.2, 0) is 10.0 Å². The number of nitrogen functional groups attached to an aromatic ring is 1. The van der Waals surface area contributed by atoms with E-state index in [-0.39, 0.29) is 4.90 Å². The quantitative estimate of drug-likeness (QED) is 0.729. The summed E-state index contributed by atoms with van der Waals surface area (Å²) in [5.74, 6) is 0. The fraction of sp³-hybridized carbons (Fsp3) is 0.500. The van der Waals surface area contributed by atoms with Crippen LogP contribution in [0.5, 0.6) is 0 Å². The van der Waals surface area contributed by atoms with Gasteiger partial charge < -0.3 is 16.0 Å². The number of nitrogens with zero attached hydrogens (tertiary/aromatic N) is 2. The molecule has 0 spiro atoms. The molecule has 0 aliphatic carbocycles. The zero-order valence-corrected chi connectivity index (χ0v) is 12.7. The number of benzene rings is 1. The van der Waals surface area contributed by atoms with Crippen LogP contribution in [0, 0.1) is 0 Å². The maximum atomic E-state index is 12.1. The second kappa shape index (κ2) is 6.23. The van der Waals surface area contributed by atoms with Crippen LogP contribution < -0.4 is 16.0 Å². The minimum atomic E-state index is -3.43. The monoisotopic (exact) mass is 286 g/mol. The van der Waals surface area contributed by atoms with E-state index in [1.165, 1.54) is 24.5 Å². The van der Waals surface area contributed by atoms with Crippen LogP contribution in [0.4, 0.5) is 11.4 Å². The molecule has 7 heteroatoms. The van der Waals surface area contributed by atoms with Gasteiger partial charge in [-0.15, -0.1) is 0 Å². The molecule has 6 nitrogen and oxygen atoms in total. The number of anilines is 2. The van der Waals surface area contributed by atoms with Crippen molar-refractivity contribution in [2.45, 2.75) is 4.90 Å². The molecule has 0 aliphatic heterocycles. The van der Waals surface area contributed by atoms with E-state index >= 15 is 0 Å². The second-order valence-corrected chi connectivity index (χ2v) is 6.68. The van der Waals surface area contributed by atoms with Crippen LogP contribution >= 0.6 is 0 Å². The second-order valence-electron chi connectivity index (χ2n) is 4.53. The van der Waals surface area contributed by atoms with E-state index in [0.717, 1.165) is 18.8 Å². The number of hydrogen-bond donors (Lipinski definition) is 2. The van der Waals surface area contributed by atoms with Crippen molar-refractivity contribution in [2.24, 2.45) is 0 Å². The van der Waals surface area contributed by atoms with Crippen LogP contribution in [0.15, 0.2) is 23.1 Å². The van der Waals surface area contributed by atoms with Gasteiger partial charge in [0.05, 0.1) is 16.3 Å². The van der Waals surface area contributed by atoms with E-state index < -0.39 is 10.0 Å². The summed E-state index contributed by atoms with van der Waals surface area (Å²) in [6.45, 7) is 1.53. The summed E-state index contributed by atoms with van der Waals surface area (Å²) in [4.78, 5) is 2.18. The number of nitrogens with two attached hydrogens (primary N) is 1. The summed E-state index contributed by atoms with van der Waals surface area (Å²) in [6.07, 6.45) is 0. The lowest BCUT2D eigenvalue weighted by Gasteiger charge is -2.22. The SMILES string of the molecule is CNCCN(C)c1cc(S(=O)(=O)N(C)C)ccc1N. The molecule has 108 valence electrons. The van der Waals surface area contributed by atoms with Crippen molar-refractivity contribution in [2.75, 3.05) is 51.9 Å². The summed E-state index contributed by atoms with van der Waals surface area (Å²) >= 11 is 0. The van der Waals surface area contributed by atoms with E-state index in [0.29, 0.717) is 5.69 Å². The molecule has 0 aliphatic rings. The van der Waals surface area contributed by atoms with E-state index in [1.807, 2.05) is 19.0 Å². The Hall–Kier alpha value is -1.31. The number of sulfonamides is 1. The fourth-order valence-corrected chi connectivity index (χ4v) is 2.55. The van der Waals surface area contributed by atoms with Crippen LogP contribution in [-0.4, -0.2) is 54.0 Å². The molecule has 0 unspecified atom stereocenters. The summed E-state index contributed by atoms with van der Waals surface area (Å²) < 4.78 is 25.4. The lowest BCUT2D eigenvalue weighted by Crippen LogP contribution is -2.28. The Labute approximate surface area is 115 Å². The van der Waals surface area contributed by atoms with Crippen molar-refractivity contribution in [1.29, 1.82) is 0 Å². The van der Waals surface area contributed by atoms with Gasteiger partial charge in [-0.2, -0.15) is 0 Å². The third-order valence-corrected chi connectivity index (χ3v) is 4.70. The smallest absolute Gasteiger partial charge is 0.242 e. The van der Waals surface area contributed by atoms with Gasteiger partial charge in [0.2, 0.25) is 10.0 Å². The molecule has 0 radical (unpaired) electrons. The topological polar surface area (TPSA) is 78.7 Å². The standard InChI is InChI=1S/C12H22N4O2S/c1-14-7-8-16(4)12-9-10(5-6-11(12)13)19(17,18)15(2)3/h5-6,9,14H,7-8,13H2,1-4H3. The molecule has 0 aromatic heterocycles. The first kappa shape index (κ1) is 15.7. The van der Waals surface area contributed by atoms with Crippen molar-refractivity contribution < 1.29 is 8.42 Å². The molecule has 0 amide bonds. The lowest BCUT2D eigenvalue weighted by molar-refractivity contribution is 0.521. The van der Waals surface area contributed by atoms with E-state index in [9.17, 15) is 8.42 Å². The Balaban J connectivity index is 3.14. The highest BCUT2D eigenvalue weighted by Gasteiger charge is 2.19. The van der Waals surface area contributed by atoms with E-state index in [4.69, 9.17) is 5.73 Å². The first-order valence-corrected chi connectivity index (χ1v) is 7.42. The molecule has 1 aromatic carbocycles. The molecular formula is C12H22N4O2S. The zero-order chi connectivity index (χ0) is 14.6. The molecule has 0 saturated heterocycles. The molecule has 1 aromatic rings. The van der Waals surface area contributed by atoms with Crippen molar-refractivity contribution in [3.8, 4) is 0 Å². The molecule has 0 bridgehead atoms. The predicted molar refractivity (Wildman–Crippen MR) is 78.9 cm³/mol. The highest BCUT2D eigenvalue weighted by atomic mass is 32.2. The van der Waals surface area contributed by atoms with Gasteiger partial charge >= 0.3 is 0 Å². The van der Waals surface area contributed by atoms with Gasteiger partial charge in [-0.3, -0.25) is 0 Å². The van der Waals surface area contributed by atoms with Gasteiger partial charge in [0.25, 0.3) is 0 Å². The molecule has 0 heterocycles. The molecule has 3 N–H and O–H groups in total. The number of nitrogens with one attached hydrogen (secondary N) is 1. The minimum absolute atomic E-state index is 0.248. The number of rotatable bonds is 6. The average Bonchev–Trinajstić information content (AvgIpc) is 2.36. The molecule has 0 saturated carbocycles. The first-order chi connectivity index (χ1) is 8.80. The largest absolute Gasteiger partial charge is 0.397 e. The van der Waals surface area contributed by atoms with Crippen LogP contribution in [0.25, 0.3) is 0 Å². The molecule has 0 atom stereocenters. The Kier molecular flexibility index (Phi) is 5.16. The maximum absolute atomic E-state index is 12.1. The van der Waals surface area contributed by atoms with Gasteiger partial charge in [-0.05, 0) is 25.2 Å². The zero-order valence-electron chi connectivity index (χ0n) is 11.8. The molecule has 1 rings (SSSR count). The summed E-state index contributed by atoms with van der Waals surface area (Å²) in [7, 11) is 3.33. The van der Waals surface area contributed by atoms with E-state index in [2.05, 4.69) is 5.32 Å². The summed E-state index contributed by atoms with van der Waals surface area (Å²) in [5, 5.41) is 3.04. The van der Waals surface area contributed by atoms with Gasteiger partial charge in [-0.1, -0.05) is 0 Å². The highest BCUT2D eigenvalue weighted by molar-refractivity contribution is 7.89. The Morgan fingerprint density at radius 1 is 1.26 bits per heavy atom. The normalized spacial score (nSPS) is 11.8. The lowest BCUT2D eigenvalue weighted by atomic mass is 10.2. The maximum Gasteiger partial charge on any atom is 0.242 e. The summed E-state index contributed by atoms with van der Waals surface area (Å²) in [5.41, 5.74) is 7.20. The number of hydrogen-bond acceptors (Lipinski definition) is 5. The van der Waals surface area contributed by atoms with Crippen LogP contribution in [0.2, 0.25) is 0 Å². The Morgan fingerprint density at radius 2 is 1.89 bits per heavy atom. The van der Waals surface area contributed by atoms with Crippen molar-refractivity contribution in [3.63, 3.8) is 0 Å². The third kappa shape index (κ3) is 3.59. The van der Waals surface area contributed by atoms with Crippen LogP contribution in [0.1, 0.15) is 0 Å². The highest BCUT2D eigenvalue weighted by Crippen LogP contribution is 2.26. The molecular weight excluding hydrogens is 264 g/mol. The van der Waals surface area contributed by atoms with E-state index in [1.54, 1.807) is 12.1 Å². The fourth-order valence-electron chi connectivity index (χ4n) is 1.63. The van der Waals surface area contributed by atoms with Crippen molar-refractivity contribution in [3.05, 3.63) is 18.2 Å². The average molecular weight is 286 g/mol. The molecule has 19 heavy (non-hydrogen) atoms. The van der Waals surface area contributed by atoms with Crippen molar-refractivity contribution in [1.82, 2.24) is 9.62 Å². The van der Waals surface area contributed by atoms with Crippen molar-refractivity contribution >= 4 is 21.4 Å². The molecule has 0 fully saturated rings. The van der Waals surface area contributed by atoms with Gasteiger partial charge in [0.15, 0.2) is 0 Å². The predicted octanol–water partition coefficient (Wildman–Crippen LogP) is 0.175. The van der Waals surface area contributed by atoms with Crippen LogP contribution in [0.3, 0.4) is 0 Å². The first-order valence-electron chi connectivity index (χ1n) is 5.98. The minimum Gasteiger partial charge on any atom is -0.397 e. The third-order valence-electron chi connectivity index (χ3n) is 2.89. The Bertz CT molecular complexity index is 529.